The molecular formula is C13H13NO. The Labute approximate surface area is 101 Å². The summed E-state index contributed by atoms with van der Waals surface area (Å²) >= 11 is 0. The van der Waals surface area contributed by atoms with E-state index in [1.54, 1.807) is 0 Å². The van der Waals surface area contributed by atoms with Gasteiger partial charge in [0.15, 0.2) is 0 Å². The Kier molecular flexibility index (Phi) is 1.00. The SMILES string of the molecule is [2H]c1c([2H])c([2H])c(-n2cc(C([2H])([2H])C)c([2H])c([2H])c2=O)c([2H])c1[2H]. The van der Waals surface area contributed by atoms with E-state index in [0.29, 0.717) is 4.57 Å². The minimum atomic E-state index is -2.06. The van der Waals surface area contributed by atoms with Crippen LogP contribution in [0.3, 0.4) is 0 Å². The van der Waals surface area contributed by atoms with Crippen LogP contribution in [0.1, 0.15) is 24.8 Å². The van der Waals surface area contributed by atoms with Crippen LogP contribution in [0.5, 0.6) is 0 Å². The molecule has 2 nitrogen and oxygen atoms in total. The third-order valence-corrected chi connectivity index (χ3v) is 1.78. The van der Waals surface area contributed by atoms with Gasteiger partial charge in [0.2, 0.25) is 0 Å². The van der Waals surface area contributed by atoms with E-state index in [9.17, 15) is 4.79 Å². The number of para-hydroxylation sites is 1. The molecule has 0 saturated carbocycles. The highest BCUT2D eigenvalue weighted by Gasteiger charge is 1.99. The first-order valence-electron chi connectivity index (χ1n) is 8.70. The average molecular weight is 208 g/mol. The first-order chi connectivity index (χ1) is 10.9. The second-order valence-electron chi connectivity index (χ2n) is 2.69. The van der Waals surface area contributed by atoms with Gasteiger partial charge in [-0.1, -0.05) is 31.1 Å². The third-order valence-electron chi connectivity index (χ3n) is 1.78. The lowest BCUT2D eigenvalue weighted by molar-refractivity contribution is 0.953. The summed E-state index contributed by atoms with van der Waals surface area (Å²) in [7, 11) is 0. The van der Waals surface area contributed by atoms with Gasteiger partial charge in [-0.25, -0.2) is 0 Å². The Bertz CT molecular complexity index is 869. The van der Waals surface area contributed by atoms with Crippen molar-refractivity contribution >= 4 is 0 Å². The van der Waals surface area contributed by atoms with Crippen molar-refractivity contribution in [3.8, 4) is 5.69 Å². The molecule has 1 heterocycles. The monoisotopic (exact) mass is 208 g/mol. The van der Waals surface area contributed by atoms with Crippen molar-refractivity contribution < 1.29 is 12.3 Å². The first-order valence-corrected chi connectivity index (χ1v) is 4.20. The maximum atomic E-state index is 12.3. The number of aryl methyl sites for hydroxylation is 1. The zero-order chi connectivity index (χ0) is 18.6. The largest absolute Gasteiger partial charge is 0.284 e. The van der Waals surface area contributed by atoms with Crippen LogP contribution < -0.4 is 5.56 Å². The number of benzene rings is 1. The Morgan fingerprint density at radius 2 is 2.00 bits per heavy atom. The summed E-state index contributed by atoms with van der Waals surface area (Å²) in [5.74, 6) is 0. The molecule has 1 aromatic carbocycles. The predicted octanol–water partition coefficient (Wildman–Crippen LogP) is 2.40. The van der Waals surface area contributed by atoms with E-state index >= 15 is 0 Å². The van der Waals surface area contributed by atoms with E-state index in [0.717, 1.165) is 13.1 Å². The van der Waals surface area contributed by atoms with Crippen molar-refractivity contribution in [2.45, 2.75) is 13.3 Å². The van der Waals surface area contributed by atoms with Gasteiger partial charge in [-0.2, -0.15) is 0 Å². The number of rotatable bonds is 2. The van der Waals surface area contributed by atoms with Crippen molar-refractivity contribution in [3.05, 3.63) is 64.4 Å². The molecule has 0 radical (unpaired) electrons. The fraction of sp³-hybridized carbons (Fsp3) is 0.154. The standard InChI is InChI=1S/C13H13NO/c1-2-11-8-9-13(15)14(10-11)12-6-4-3-5-7-12/h3-10H,2H2,1H3/i2D2,3D,4D,5D,6D,7D,8D,9D. The minimum Gasteiger partial charge on any atom is -0.284 e. The molecule has 0 bridgehead atoms. The van der Waals surface area contributed by atoms with Crippen LogP contribution in [0.4, 0.5) is 0 Å². The normalized spacial score (nSPS) is 19.7. The van der Waals surface area contributed by atoms with Crippen LogP contribution in [0.2, 0.25) is 0 Å². The molecule has 15 heavy (non-hydrogen) atoms. The fourth-order valence-electron chi connectivity index (χ4n) is 1.06. The Morgan fingerprint density at radius 1 is 1.27 bits per heavy atom. The van der Waals surface area contributed by atoms with Crippen LogP contribution in [-0.4, -0.2) is 4.57 Å². The maximum Gasteiger partial charge on any atom is 0.255 e. The van der Waals surface area contributed by atoms with Gasteiger partial charge in [0.1, 0.15) is 0 Å². The molecule has 0 aliphatic rings. The summed E-state index contributed by atoms with van der Waals surface area (Å²) in [5, 5.41) is 0. The predicted molar refractivity (Wildman–Crippen MR) is 61.4 cm³/mol. The second-order valence-corrected chi connectivity index (χ2v) is 2.69. The lowest BCUT2D eigenvalue weighted by Gasteiger charge is -2.06. The molecule has 0 fully saturated rings. The summed E-state index contributed by atoms with van der Waals surface area (Å²) in [5.41, 5.74) is -1.84. The summed E-state index contributed by atoms with van der Waals surface area (Å²) in [6.45, 7) is 1.14. The summed E-state index contributed by atoms with van der Waals surface area (Å²) in [6.07, 6.45) is -1.15. The summed E-state index contributed by atoms with van der Waals surface area (Å²) in [4.78, 5) is 12.3. The zero-order valence-corrected chi connectivity index (χ0v) is 7.93. The van der Waals surface area contributed by atoms with Gasteiger partial charge in [0.05, 0.1) is 9.60 Å². The van der Waals surface area contributed by atoms with E-state index in [-0.39, 0.29) is 5.56 Å². The van der Waals surface area contributed by atoms with E-state index in [4.69, 9.17) is 12.3 Å². The molecule has 0 spiro atoms. The molecule has 2 heteroatoms. The Hall–Kier alpha value is -1.83. The van der Waals surface area contributed by atoms with Gasteiger partial charge >= 0.3 is 0 Å². The molecule has 0 amide bonds. The van der Waals surface area contributed by atoms with Crippen LogP contribution in [0.15, 0.2) is 53.3 Å². The number of pyridine rings is 1. The Balaban J connectivity index is 3.00. The summed E-state index contributed by atoms with van der Waals surface area (Å²) in [6, 6.07) is -4.65. The minimum absolute atomic E-state index is 0.293. The van der Waals surface area contributed by atoms with Gasteiger partial charge in [-0.3, -0.25) is 9.36 Å². The van der Waals surface area contributed by atoms with Crippen molar-refractivity contribution in [2.24, 2.45) is 0 Å². The fourth-order valence-corrected chi connectivity index (χ4v) is 1.06. The molecule has 0 saturated heterocycles. The molecule has 2 aromatic rings. The van der Waals surface area contributed by atoms with Crippen LogP contribution in [0.25, 0.3) is 5.69 Å². The molecule has 0 N–H and O–H groups in total. The third kappa shape index (κ3) is 1.99. The molecule has 1 aromatic heterocycles. The van der Waals surface area contributed by atoms with Crippen molar-refractivity contribution in [1.29, 1.82) is 0 Å². The first kappa shape index (κ1) is 3.63. The molecule has 0 atom stereocenters. The number of nitrogens with zero attached hydrogens (tertiary/aromatic N) is 1. The molecule has 0 aliphatic heterocycles. The van der Waals surface area contributed by atoms with Gasteiger partial charge in [0.25, 0.3) is 5.56 Å². The lowest BCUT2D eigenvalue weighted by Crippen LogP contribution is -2.16. The second kappa shape index (κ2) is 4.13. The van der Waals surface area contributed by atoms with E-state index in [1.807, 2.05) is 0 Å². The van der Waals surface area contributed by atoms with Crippen LogP contribution in [-0.2, 0) is 6.37 Å². The molecular weight excluding hydrogens is 186 g/mol. The van der Waals surface area contributed by atoms with Crippen molar-refractivity contribution in [1.82, 2.24) is 4.57 Å². The van der Waals surface area contributed by atoms with Crippen LogP contribution >= 0.6 is 0 Å². The highest BCUT2D eigenvalue weighted by molar-refractivity contribution is 5.32. The van der Waals surface area contributed by atoms with Gasteiger partial charge in [-0.05, 0) is 24.0 Å². The quantitative estimate of drug-likeness (QED) is 0.742. The number of aromatic nitrogens is 1. The molecule has 76 valence electrons. The number of hydrogen-bond donors (Lipinski definition) is 0. The average Bonchev–Trinajstić information content (AvgIpc) is 2.49. The maximum absolute atomic E-state index is 12.3. The summed E-state index contributed by atoms with van der Waals surface area (Å²) < 4.78 is 70.1. The van der Waals surface area contributed by atoms with E-state index < -0.39 is 59.9 Å². The van der Waals surface area contributed by atoms with Gasteiger partial charge in [-0.15, -0.1) is 0 Å². The van der Waals surface area contributed by atoms with Crippen molar-refractivity contribution in [3.63, 3.8) is 0 Å². The molecule has 0 aliphatic carbocycles. The smallest absolute Gasteiger partial charge is 0.255 e. The highest BCUT2D eigenvalue weighted by atomic mass is 16.1. The Morgan fingerprint density at radius 3 is 2.67 bits per heavy atom. The highest BCUT2D eigenvalue weighted by Crippen LogP contribution is 2.05. The van der Waals surface area contributed by atoms with E-state index in [1.165, 1.54) is 0 Å². The van der Waals surface area contributed by atoms with E-state index in [2.05, 4.69) is 0 Å². The van der Waals surface area contributed by atoms with Gasteiger partial charge < -0.3 is 0 Å². The van der Waals surface area contributed by atoms with Crippen molar-refractivity contribution in [2.75, 3.05) is 0 Å². The lowest BCUT2D eigenvalue weighted by atomic mass is 10.2. The zero-order valence-electron chi connectivity index (χ0n) is 16.9. The number of hydrogen-bond acceptors (Lipinski definition) is 1. The van der Waals surface area contributed by atoms with Crippen LogP contribution in [0, 0.1) is 0 Å². The van der Waals surface area contributed by atoms with Gasteiger partial charge in [0, 0.05) is 20.7 Å². The molecule has 2 rings (SSSR count). The molecule has 0 unspecified atom stereocenters. The topological polar surface area (TPSA) is 22.0 Å².